The van der Waals surface area contributed by atoms with E-state index in [4.69, 9.17) is 0 Å². The number of rotatable bonds is 1. The third kappa shape index (κ3) is 1.21. The second-order valence-corrected chi connectivity index (χ2v) is 3.44. The van der Waals surface area contributed by atoms with Gasteiger partial charge in [0.15, 0.2) is 0 Å². The quantitative estimate of drug-likeness (QED) is 0.777. The number of aromatic nitrogens is 2. The normalized spacial score (nSPS) is 10.9. The van der Waals surface area contributed by atoms with Crippen molar-refractivity contribution in [3.8, 4) is 5.75 Å². The second kappa shape index (κ2) is 3.03. The average molecular weight is 241 g/mol. The van der Waals surface area contributed by atoms with E-state index in [0.717, 1.165) is 16.4 Å². The van der Waals surface area contributed by atoms with E-state index in [1.807, 2.05) is 19.2 Å². The first-order valence-electron chi connectivity index (χ1n) is 3.93. The summed E-state index contributed by atoms with van der Waals surface area (Å²) >= 11 is 3.39. The minimum absolute atomic E-state index is 0.236. The van der Waals surface area contributed by atoms with Crippen LogP contribution in [0, 0.1) is 0 Å². The lowest BCUT2D eigenvalue weighted by molar-refractivity contribution is 0.479. The van der Waals surface area contributed by atoms with Crippen molar-refractivity contribution < 1.29 is 5.11 Å². The standard InChI is InChI=1S/C9H9BrN2O/c1-12-7(5-10)6-3-2-4-8(13)9(6)11-12/h2-4,13H,5H2,1H3. The summed E-state index contributed by atoms with van der Waals surface area (Å²) < 4.78 is 1.78. The van der Waals surface area contributed by atoms with Gasteiger partial charge in [0.05, 0.1) is 5.69 Å². The molecule has 0 bridgehead atoms. The van der Waals surface area contributed by atoms with Crippen molar-refractivity contribution in [2.24, 2.45) is 7.05 Å². The van der Waals surface area contributed by atoms with E-state index in [1.165, 1.54) is 0 Å². The van der Waals surface area contributed by atoms with E-state index in [0.29, 0.717) is 5.52 Å². The number of nitrogens with zero attached hydrogens (tertiary/aromatic N) is 2. The molecule has 4 heteroatoms. The molecule has 2 aromatic rings. The van der Waals surface area contributed by atoms with Gasteiger partial charge < -0.3 is 5.11 Å². The number of hydrogen-bond donors (Lipinski definition) is 1. The number of aromatic hydroxyl groups is 1. The Bertz CT molecular complexity index is 450. The van der Waals surface area contributed by atoms with Gasteiger partial charge in [0.2, 0.25) is 0 Å². The average Bonchev–Trinajstić information content (AvgIpc) is 2.43. The van der Waals surface area contributed by atoms with E-state index >= 15 is 0 Å². The van der Waals surface area contributed by atoms with Crippen molar-refractivity contribution in [3.05, 3.63) is 23.9 Å². The Morgan fingerprint density at radius 2 is 2.31 bits per heavy atom. The summed E-state index contributed by atoms with van der Waals surface area (Å²) in [6.07, 6.45) is 0. The van der Waals surface area contributed by atoms with E-state index < -0.39 is 0 Å². The fourth-order valence-corrected chi connectivity index (χ4v) is 2.08. The van der Waals surface area contributed by atoms with Crippen LogP contribution in [0.15, 0.2) is 18.2 Å². The number of phenols is 1. The van der Waals surface area contributed by atoms with Crippen LogP contribution in [0.1, 0.15) is 5.69 Å². The van der Waals surface area contributed by atoms with Gasteiger partial charge in [0.25, 0.3) is 0 Å². The lowest BCUT2D eigenvalue weighted by Crippen LogP contribution is -1.94. The van der Waals surface area contributed by atoms with Gasteiger partial charge in [-0.1, -0.05) is 28.1 Å². The number of hydrogen-bond acceptors (Lipinski definition) is 2. The minimum atomic E-state index is 0.236. The highest BCUT2D eigenvalue weighted by molar-refractivity contribution is 9.08. The molecule has 0 atom stereocenters. The Hall–Kier alpha value is -1.03. The molecule has 1 N–H and O–H groups in total. The summed E-state index contributed by atoms with van der Waals surface area (Å²) in [7, 11) is 1.87. The third-order valence-electron chi connectivity index (χ3n) is 2.09. The van der Waals surface area contributed by atoms with Crippen LogP contribution in [0.25, 0.3) is 10.9 Å². The molecule has 0 spiro atoms. The summed E-state index contributed by atoms with van der Waals surface area (Å²) in [5, 5.41) is 15.5. The summed E-state index contributed by atoms with van der Waals surface area (Å²) in [4.78, 5) is 0. The third-order valence-corrected chi connectivity index (χ3v) is 2.62. The zero-order valence-corrected chi connectivity index (χ0v) is 8.74. The first kappa shape index (κ1) is 8.56. The van der Waals surface area contributed by atoms with Crippen LogP contribution in [-0.4, -0.2) is 14.9 Å². The molecule has 0 fully saturated rings. The van der Waals surface area contributed by atoms with E-state index in [2.05, 4.69) is 21.0 Å². The fraction of sp³-hybridized carbons (Fsp3) is 0.222. The van der Waals surface area contributed by atoms with E-state index in [1.54, 1.807) is 10.7 Å². The van der Waals surface area contributed by atoms with Crippen molar-refractivity contribution in [2.75, 3.05) is 0 Å². The van der Waals surface area contributed by atoms with Crippen LogP contribution in [0.2, 0.25) is 0 Å². The highest BCUT2D eigenvalue weighted by Crippen LogP contribution is 2.26. The van der Waals surface area contributed by atoms with Crippen molar-refractivity contribution in [1.82, 2.24) is 9.78 Å². The van der Waals surface area contributed by atoms with Crippen LogP contribution in [0.5, 0.6) is 5.75 Å². The Balaban J connectivity index is 2.86. The fourth-order valence-electron chi connectivity index (χ4n) is 1.41. The topological polar surface area (TPSA) is 38.0 Å². The minimum Gasteiger partial charge on any atom is -0.506 e. The molecule has 0 amide bonds. The zero-order valence-electron chi connectivity index (χ0n) is 7.16. The molecule has 0 aliphatic carbocycles. The van der Waals surface area contributed by atoms with Crippen molar-refractivity contribution in [1.29, 1.82) is 0 Å². The van der Waals surface area contributed by atoms with E-state index in [9.17, 15) is 5.11 Å². The van der Waals surface area contributed by atoms with E-state index in [-0.39, 0.29) is 5.75 Å². The molecule has 1 aromatic heterocycles. The predicted molar refractivity (Wildman–Crippen MR) is 55.0 cm³/mol. The monoisotopic (exact) mass is 240 g/mol. The van der Waals surface area contributed by atoms with Crippen molar-refractivity contribution >= 4 is 26.8 Å². The van der Waals surface area contributed by atoms with Crippen LogP contribution < -0.4 is 0 Å². The molecule has 68 valence electrons. The van der Waals surface area contributed by atoms with Gasteiger partial charge in [-0.05, 0) is 6.07 Å². The van der Waals surface area contributed by atoms with Gasteiger partial charge in [-0.25, -0.2) is 0 Å². The molecule has 1 heterocycles. The molecule has 0 saturated heterocycles. The van der Waals surface area contributed by atoms with Crippen molar-refractivity contribution in [3.63, 3.8) is 0 Å². The SMILES string of the molecule is Cn1nc2c(O)cccc2c1CBr. The summed E-state index contributed by atoms with van der Waals surface area (Å²) in [5.74, 6) is 0.236. The Morgan fingerprint density at radius 3 is 3.00 bits per heavy atom. The second-order valence-electron chi connectivity index (χ2n) is 2.88. The summed E-state index contributed by atoms with van der Waals surface area (Å²) in [5.41, 5.74) is 1.74. The maximum atomic E-state index is 9.51. The predicted octanol–water partition coefficient (Wildman–Crippen LogP) is 2.17. The lowest BCUT2D eigenvalue weighted by atomic mass is 10.2. The number of halogens is 1. The molecule has 13 heavy (non-hydrogen) atoms. The molecule has 2 rings (SSSR count). The Kier molecular flexibility index (Phi) is 2.00. The highest BCUT2D eigenvalue weighted by atomic mass is 79.9. The summed E-state index contributed by atoms with van der Waals surface area (Å²) in [6.45, 7) is 0. The number of aryl methyl sites for hydroxylation is 1. The maximum absolute atomic E-state index is 9.51. The van der Waals surface area contributed by atoms with Gasteiger partial charge in [-0.3, -0.25) is 4.68 Å². The molecule has 3 nitrogen and oxygen atoms in total. The van der Waals surface area contributed by atoms with Gasteiger partial charge in [-0.2, -0.15) is 5.10 Å². The maximum Gasteiger partial charge on any atom is 0.143 e. The first-order chi connectivity index (χ1) is 6.24. The van der Waals surface area contributed by atoms with Gasteiger partial charge >= 0.3 is 0 Å². The number of benzene rings is 1. The first-order valence-corrected chi connectivity index (χ1v) is 5.05. The van der Waals surface area contributed by atoms with Crippen LogP contribution in [-0.2, 0) is 12.4 Å². The van der Waals surface area contributed by atoms with Gasteiger partial charge in [0, 0.05) is 17.8 Å². The number of alkyl halides is 1. The van der Waals surface area contributed by atoms with Crippen LogP contribution >= 0.6 is 15.9 Å². The molecule has 0 unspecified atom stereocenters. The lowest BCUT2D eigenvalue weighted by Gasteiger charge is -1.95. The van der Waals surface area contributed by atoms with Crippen molar-refractivity contribution in [2.45, 2.75) is 5.33 Å². The summed E-state index contributed by atoms with van der Waals surface area (Å²) in [6, 6.07) is 5.43. The van der Waals surface area contributed by atoms with Gasteiger partial charge in [0.1, 0.15) is 11.3 Å². The number of fused-ring (bicyclic) bond motifs is 1. The van der Waals surface area contributed by atoms with Crippen LogP contribution in [0.3, 0.4) is 0 Å². The molecule has 1 aromatic carbocycles. The Labute approximate surface area is 84.1 Å². The zero-order chi connectivity index (χ0) is 9.42. The highest BCUT2D eigenvalue weighted by Gasteiger charge is 2.09. The molecule has 0 aliphatic heterocycles. The molecular formula is C9H9BrN2O. The van der Waals surface area contributed by atoms with Crippen LogP contribution in [0.4, 0.5) is 0 Å². The molecule has 0 radical (unpaired) electrons. The molecular weight excluding hydrogens is 232 g/mol. The number of phenolic OH excluding ortho intramolecular Hbond substituents is 1. The Morgan fingerprint density at radius 1 is 1.54 bits per heavy atom. The smallest absolute Gasteiger partial charge is 0.143 e. The largest absolute Gasteiger partial charge is 0.506 e. The molecule has 0 saturated carbocycles. The van der Waals surface area contributed by atoms with Gasteiger partial charge in [-0.15, -0.1) is 0 Å². The molecule has 0 aliphatic rings.